The standard InChI is InChI=1S/C16H18N6O3/c1-10(9-23)25-13-5-3-2-4-11(13)21-22-12-6-7-14(20-16(12)18)19-15(24)8-17/h2-7,23H,1,8-9,17H2,(H3,18,19,20,24). The van der Waals surface area contributed by atoms with Crippen molar-refractivity contribution in [1.29, 1.82) is 0 Å². The Morgan fingerprint density at radius 1 is 1.24 bits per heavy atom. The molecular weight excluding hydrogens is 324 g/mol. The lowest BCUT2D eigenvalue weighted by atomic mass is 10.3. The van der Waals surface area contributed by atoms with Crippen LogP contribution in [0.2, 0.25) is 0 Å². The predicted octanol–water partition coefficient (Wildman–Crippen LogP) is 1.86. The molecule has 0 aliphatic carbocycles. The number of nitrogens with two attached hydrogens (primary N) is 2. The zero-order valence-electron chi connectivity index (χ0n) is 13.3. The summed E-state index contributed by atoms with van der Waals surface area (Å²) in [5.74, 6) is 0.565. The lowest BCUT2D eigenvalue weighted by molar-refractivity contribution is -0.114. The van der Waals surface area contributed by atoms with Crippen molar-refractivity contribution in [3.63, 3.8) is 0 Å². The van der Waals surface area contributed by atoms with E-state index < -0.39 is 0 Å². The SMILES string of the molecule is C=C(CO)Oc1ccccc1N=Nc1ccc(NC(=O)CN)nc1N. The summed E-state index contributed by atoms with van der Waals surface area (Å²) in [6, 6.07) is 9.97. The van der Waals surface area contributed by atoms with Gasteiger partial charge < -0.3 is 26.6 Å². The van der Waals surface area contributed by atoms with E-state index in [0.29, 0.717) is 17.1 Å². The number of aromatic nitrogens is 1. The monoisotopic (exact) mass is 342 g/mol. The highest BCUT2D eigenvalue weighted by atomic mass is 16.5. The van der Waals surface area contributed by atoms with Crippen LogP contribution in [-0.4, -0.2) is 29.1 Å². The second-order valence-corrected chi connectivity index (χ2v) is 4.82. The molecule has 0 radical (unpaired) electrons. The number of rotatable bonds is 7. The molecule has 0 fully saturated rings. The molecule has 0 atom stereocenters. The van der Waals surface area contributed by atoms with Crippen LogP contribution in [-0.2, 0) is 4.79 Å². The van der Waals surface area contributed by atoms with Crippen molar-refractivity contribution in [1.82, 2.24) is 4.98 Å². The summed E-state index contributed by atoms with van der Waals surface area (Å²) in [5.41, 5.74) is 11.8. The minimum absolute atomic E-state index is 0.0942. The Morgan fingerprint density at radius 3 is 2.64 bits per heavy atom. The molecule has 6 N–H and O–H groups in total. The molecule has 0 bridgehead atoms. The molecule has 0 aliphatic heterocycles. The van der Waals surface area contributed by atoms with Gasteiger partial charge in [-0.15, -0.1) is 10.2 Å². The third-order valence-electron chi connectivity index (χ3n) is 2.92. The maximum absolute atomic E-state index is 11.2. The molecule has 25 heavy (non-hydrogen) atoms. The van der Waals surface area contributed by atoms with E-state index in [0.717, 1.165) is 0 Å². The van der Waals surface area contributed by atoms with E-state index in [-0.39, 0.29) is 36.5 Å². The molecule has 0 unspecified atom stereocenters. The van der Waals surface area contributed by atoms with Crippen molar-refractivity contribution in [3.8, 4) is 5.75 Å². The van der Waals surface area contributed by atoms with E-state index in [1.807, 2.05) is 0 Å². The Morgan fingerprint density at radius 2 is 1.96 bits per heavy atom. The van der Waals surface area contributed by atoms with Crippen molar-refractivity contribution >= 4 is 28.9 Å². The zero-order valence-corrected chi connectivity index (χ0v) is 13.3. The minimum atomic E-state index is -0.378. The number of nitrogens with one attached hydrogen (secondary N) is 1. The number of pyridine rings is 1. The van der Waals surface area contributed by atoms with Crippen LogP contribution in [0.15, 0.2) is 59.0 Å². The average molecular weight is 342 g/mol. The minimum Gasteiger partial charge on any atom is -0.458 e. The molecule has 2 rings (SSSR count). The van der Waals surface area contributed by atoms with Gasteiger partial charge in [0, 0.05) is 0 Å². The van der Waals surface area contributed by atoms with Gasteiger partial charge in [0.15, 0.2) is 11.6 Å². The number of nitrogen functional groups attached to an aromatic ring is 1. The van der Waals surface area contributed by atoms with Gasteiger partial charge in [0.1, 0.15) is 29.6 Å². The highest BCUT2D eigenvalue weighted by molar-refractivity contribution is 5.91. The summed E-state index contributed by atoms with van der Waals surface area (Å²) in [7, 11) is 0. The normalized spacial score (nSPS) is 10.6. The van der Waals surface area contributed by atoms with Crippen molar-refractivity contribution in [2.45, 2.75) is 0 Å². The van der Waals surface area contributed by atoms with E-state index in [4.69, 9.17) is 21.3 Å². The molecule has 1 aromatic heterocycles. The van der Waals surface area contributed by atoms with Crippen LogP contribution in [0.25, 0.3) is 0 Å². The zero-order chi connectivity index (χ0) is 18.2. The molecule has 2 aromatic rings. The fourth-order valence-corrected chi connectivity index (χ4v) is 1.74. The van der Waals surface area contributed by atoms with Gasteiger partial charge in [-0.2, -0.15) is 0 Å². The molecule has 1 amide bonds. The molecule has 0 saturated carbocycles. The van der Waals surface area contributed by atoms with Crippen molar-refractivity contribution in [2.75, 3.05) is 24.2 Å². The predicted molar refractivity (Wildman–Crippen MR) is 93.8 cm³/mol. The van der Waals surface area contributed by atoms with Gasteiger partial charge in [0.25, 0.3) is 0 Å². The quantitative estimate of drug-likeness (QED) is 0.446. The second-order valence-electron chi connectivity index (χ2n) is 4.82. The number of azo groups is 1. The summed E-state index contributed by atoms with van der Waals surface area (Å²) in [4.78, 5) is 15.3. The molecule has 9 heteroatoms. The topological polar surface area (TPSA) is 148 Å². The largest absolute Gasteiger partial charge is 0.458 e. The first-order valence-electron chi connectivity index (χ1n) is 7.27. The Hall–Kier alpha value is -3.30. The van der Waals surface area contributed by atoms with Gasteiger partial charge in [-0.1, -0.05) is 18.7 Å². The van der Waals surface area contributed by atoms with Gasteiger partial charge in [-0.05, 0) is 24.3 Å². The number of nitrogens with zero attached hydrogens (tertiary/aromatic N) is 3. The summed E-state index contributed by atoms with van der Waals surface area (Å²) >= 11 is 0. The maximum Gasteiger partial charge on any atom is 0.239 e. The van der Waals surface area contributed by atoms with Crippen molar-refractivity contribution in [2.24, 2.45) is 16.0 Å². The van der Waals surface area contributed by atoms with Crippen LogP contribution in [0.3, 0.4) is 0 Å². The Kier molecular flexibility index (Phi) is 6.15. The van der Waals surface area contributed by atoms with Crippen LogP contribution in [0.1, 0.15) is 0 Å². The van der Waals surface area contributed by atoms with Gasteiger partial charge in [0.05, 0.1) is 6.54 Å². The molecule has 130 valence electrons. The number of carbonyl (C=O) groups excluding carboxylic acids is 1. The third kappa shape index (κ3) is 5.09. The first-order valence-corrected chi connectivity index (χ1v) is 7.27. The molecule has 0 aliphatic rings. The number of amides is 1. The van der Waals surface area contributed by atoms with Gasteiger partial charge in [-0.25, -0.2) is 4.98 Å². The number of ether oxygens (including phenoxy) is 1. The number of anilines is 2. The van der Waals surface area contributed by atoms with Crippen LogP contribution < -0.4 is 21.5 Å². The number of para-hydroxylation sites is 1. The summed E-state index contributed by atoms with van der Waals surface area (Å²) in [6.45, 7) is 3.10. The van der Waals surface area contributed by atoms with E-state index >= 15 is 0 Å². The van der Waals surface area contributed by atoms with Crippen LogP contribution in [0, 0.1) is 0 Å². The fourth-order valence-electron chi connectivity index (χ4n) is 1.74. The Balaban J connectivity index is 2.19. The molecule has 1 heterocycles. The molecule has 0 spiro atoms. The number of aliphatic hydroxyl groups is 1. The van der Waals surface area contributed by atoms with Gasteiger partial charge >= 0.3 is 0 Å². The molecule has 9 nitrogen and oxygen atoms in total. The number of aliphatic hydroxyl groups excluding tert-OH is 1. The number of carbonyl (C=O) groups is 1. The first kappa shape index (κ1) is 18.0. The number of hydrogen-bond donors (Lipinski definition) is 4. The average Bonchev–Trinajstić information content (AvgIpc) is 2.62. The number of benzene rings is 1. The van der Waals surface area contributed by atoms with Crippen LogP contribution in [0.5, 0.6) is 5.75 Å². The van der Waals surface area contributed by atoms with Gasteiger partial charge in [-0.3, -0.25) is 4.79 Å². The summed E-state index contributed by atoms with van der Waals surface area (Å²) in [5, 5.41) is 19.6. The smallest absolute Gasteiger partial charge is 0.239 e. The fraction of sp³-hybridized carbons (Fsp3) is 0.125. The van der Waals surface area contributed by atoms with E-state index in [1.165, 1.54) is 6.07 Å². The van der Waals surface area contributed by atoms with E-state index in [1.54, 1.807) is 30.3 Å². The van der Waals surface area contributed by atoms with Crippen LogP contribution >= 0.6 is 0 Å². The summed E-state index contributed by atoms with van der Waals surface area (Å²) < 4.78 is 5.38. The molecule has 1 aromatic carbocycles. The van der Waals surface area contributed by atoms with Crippen molar-refractivity contribution in [3.05, 3.63) is 48.7 Å². The highest BCUT2D eigenvalue weighted by Gasteiger charge is 2.07. The third-order valence-corrected chi connectivity index (χ3v) is 2.92. The highest BCUT2D eigenvalue weighted by Crippen LogP contribution is 2.31. The number of hydrogen-bond acceptors (Lipinski definition) is 8. The Bertz CT molecular complexity index is 806. The second kappa shape index (κ2) is 8.52. The van der Waals surface area contributed by atoms with Crippen molar-refractivity contribution < 1.29 is 14.6 Å². The maximum atomic E-state index is 11.2. The van der Waals surface area contributed by atoms with E-state index in [2.05, 4.69) is 27.1 Å². The molecular formula is C16H18N6O3. The van der Waals surface area contributed by atoms with E-state index in [9.17, 15) is 4.79 Å². The molecule has 0 saturated heterocycles. The van der Waals surface area contributed by atoms with Gasteiger partial charge in [0.2, 0.25) is 5.91 Å². The first-order chi connectivity index (χ1) is 12.0. The van der Waals surface area contributed by atoms with Crippen LogP contribution in [0.4, 0.5) is 23.0 Å². The summed E-state index contributed by atoms with van der Waals surface area (Å²) in [6.07, 6.45) is 0. The lowest BCUT2D eigenvalue weighted by Gasteiger charge is -2.08. The Labute approximate surface area is 144 Å². The lowest BCUT2D eigenvalue weighted by Crippen LogP contribution is -2.22.